The van der Waals surface area contributed by atoms with E-state index in [4.69, 9.17) is 24.8 Å². The van der Waals surface area contributed by atoms with Gasteiger partial charge in [0.1, 0.15) is 30.2 Å². The third-order valence-corrected chi connectivity index (χ3v) is 6.32. The summed E-state index contributed by atoms with van der Waals surface area (Å²) in [6.07, 6.45) is -4.54. The summed E-state index contributed by atoms with van der Waals surface area (Å²) in [7, 11) is -16.0. The second-order valence-corrected chi connectivity index (χ2v) is 9.80. The summed E-state index contributed by atoms with van der Waals surface area (Å²) in [5.74, 6) is -0.0114. The predicted molar refractivity (Wildman–Crippen MR) is 95.0 cm³/mol. The average Bonchev–Trinajstić information content (AvgIpc) is 3.13. The number of aliphatic hydroxyl groups is 1. The highest BCUT2D eigenvalue weighted by Gasteiger charge is 2.49. The van der Waals surface area contributed by atoms with Crippen molar-refractivity contribution in [3.05, 3.63) is 12.7 Å². The smallest absolute Gasteiger partial charge is 0.386 e. The lowest BCUT2D eigenvalue weighted by molar-refractivity contribution is -0.0499. The minimum Gasteiger partial charge on any atom is -0.386 e. The van der Waals surface area contributed by atoms with Crippen molar-refractivity contribution in [1.29, 1.82) is 0 Å². The van der Waals surface area contributed by atoms with Gasteiger partial charge in [0.05, 0.1) is 12.9 Å². The first-order chi connectivity index (χ1) is 14.2. The van der Waals surface area contributed by atoms with Gasteiger partial charge in [-0.15, -0.1) is 3.97 Å². The predicted octanol–water partition coefficient (Wildman–Crippen LogP) is -1.92. The van der Waals surface area contributed by atoms with Crippen molar-refractivity contribution in [2.24, 2.45) is 0 Å². The zero-order valence-corrected chi connectivity index (χ0v) is 17.4. The van der Waals surface area contributed by atoms with Gasteiger partial charge in [-0.25, -0.2) is 24.1 Å². The molecule has 2 aromatic heterocycles. The Morgan fingerprint density at radius 3 is 2.52 bits per heavy atom. The van der Waals surface area contributed by atoms with Crippen LogP contribution in [0.25, 0.3) is 11.2 Å². The van der Waals surface area contributed by atoms with Crippen LogP contribution in [0.15, 0.2) is 12.7 Å². The maximum atomic E-state index is 11.6. The molecule has 1 aliphatic rings. The molecular weight excluding hydrogens is 492 g/mol. The summed E-state index contributed by atoms with van der Waals surface area (Å²) in [6, 6.07) is 0. The van der Waals surface area contributed by atoms with Gasteiger partial charge in [0.15, 0.2) is 17.7 Å². The number of phosphoric acid groups is 2. The molecule has 0 saturated carbocycles. The van der Waals surface area contributed by atoms with Crippen LogP contribution < -0.4 is 5.73 Å². The Morgan fingerprint density at radius 1 is 1.23 bits per heavy atom. The minimum absolute atomic E-state index is 0.0114. The third kappa shape index (κ3) is 5.80. The second kappa shape index (κ2) is 8.39. The Bertz CT molecular complexity index is 1170. The van der Waals surface area contributed by atoms with Gasteiger partial charge in [-0.05, 0) is 0 Å². The summed E-state index contributed by atoms with van der Waals surface area (Å²) in [5, 5.41) is 10.5. The fraction of sp³-hybridized carbons (Fsp3) is 0.500. The van der Waals surface area contributed by atoms with E-state index in [1.165, 1.54) is 0 Å². The Hall–Kier alpha value is -1.60. The number of nitrogens with zero attached hydrogens (tertiary/aromatic N) is 4. The Kier molecular flexibility index (Phi) is 6.51. The molecule has 18 nitrogen and oxygen atoms in total. The number of phosphoric ester groups is 2. The van der Waals surface area contributed by atoms with Crippen LogP contribution in [0.5, 0.6) is 0 Å². The van der Waals surface area contributed by atoms with E-state index < -0.39 is 57.2 Å². The molecule has 1 fully saturated rings. The number of aliphatic hydroxyl groups excluding tert-OH is 1. The van der Waals surface area contributed by atoms with Crippen LogP contribution in [0.2, 0.25) is 0 Å². The average molecular weight is 507 g/mol. The van der Waals surface area contributed by atoms with Gasteiger partial charge in [0, 0.05) is 0 Å². The normalized spacial score (nSPS) is 26.9. The van der Waals surface area contributed by atoms with Crippen LogP contribution in [0, 0.1) is 0 Å². The summed E-state index contributed by atoms with van der Waals surface area (Å²) in [6.45, 7) is -1.06. The monoisotopic (exact) mass is 507 g/mol. The molecular formula is C10H15N5O13P2S. The number of hydrogen-bond donors (Lipinski definition) is 6. The van der Waals surface area contributed by atoms with Gasteiger partial charge in [-0.3, -0.25) is 18.2 Å². The lowest BCUT2D eigenvalue weighted by atomic mass is 10.1. The van der Waals surface area contributed by atoms with Crippen molar-refractivity contribution >= 4 is 43.0 Å². The second-order valence-electron chi connectivity index (χ2n) is 5.97. The SMILES string of the molecule is Nc1ncnc2c1ncn2[C@@H]1O[C@H](COP(=O)(O)OS(=O)(=O)O)C(OP(=O)(O)O)[C@@H]1O. The van der Waals surface area contributed by atoms with E-state index in [-0.39, 0.29) is 17.0 Å². The molecule has 2 aromatic rings. The molecule has 31 heavy (non-hydrogen) atoms. The molecule has 2 unspecified atom stereocenters. The van der Waals surface area contributed by atoms with Crippen molar-refractivity contribution in [2.75, 3.05) is 12.3 Å². The molecule has 174 valence electrons. The molecule has 7 N–H and O–H groups in total. The fourth-order valence-corrected chi connectivity index (χ4v) is 4.77. The number of anilines is 1. The third-order valence-electron chi connectivity index (χ3n) is 3.82. The quantitative estimate of drug-likeness (QED) is 0.168. The Morgan fingerprint density at radius 2 is 1.90 bits per heavy atom. The molecule has 3 heterocycles. The lowest BCUT2D eigenvalue weighted by Crippen LogP contribution is -2.35. The summed E-state index contributed by atoms with van der Waals surface area (Å²) in [4.78, 5) is 39.1. The molecule has 3 rings (SSSR count). The van der Waals surface area contributed by atoms with E-state index in [0.29, 0.717) is 0 Å². The van der Waals surface area contributed by atoms with E-state index in [1.54, 1.807) is 0 Å². The highest BCUT2D eigenvalue weighted by molar-refractivity contribution is 7.85. The number of hydrogen-bond acceptors (Lipinski definition) is 13. The van der Waals surface area contributed by atoms with Crippen molar-refractivity contribution < 1.29 is 59.6 Å². The van der Waals surface area contributed by atoms with Crippen molar-refractivity contribution in [3.63, 3.8) is 0 Å². The van der Waals surface area contributed by atoms with Crippen LogP contribution in [0.4, 0.5) is 5.82 Å². The van der Waals surface area contributed by atoms with Crippen molar-refractivity contribution in [2.45, 2.75) is 24.5 Å². The van der Waals surface area contributed by atoms with Crippen LogP contribution in [-0.4, -0.2) is 77.2 Å². The van der Waals surface area contributed by atoms with Crippen LogP contribution >= 0.6 is 15.6 Å². The molecule has 0 amide bonds. The van der Waals surface area contributed by atoms with Crippen LogP contribution in [-0.2, 0) is 37.3 Å². The van der Waals surface area contributed by atoms with E-state index >= 15 is 0 Å². The first-order valence-electron chi connectivity index (χ1n) is 7.83. The van der Waals surface area contributed by atoms with Gasteiger partial charge < -0.3 is 30.3 Å². The number of imidazole rings is 1. The van der Waals surface area contributed by atoms with E-state index in [1.807, 2.05) is 0 Å². The standard InChI is InChI=1S/C10H15N5O13P2S/c11-8-5-9(13-2-12-8)15(3-14-5)10-6(16)7(27-29(17,18)19)4(26-10)1-25-30(20,21)28-31(22,23)24/h2-4,6-7,10,16H,1H2,(H,20,21)(H2,11,12,13)(H2,17,18,19)(H,22,23,24)/t4-,6+,7?,10-/m1/s1. The minimum atomic E-state index is -5.39. The molecule has 21 heteroatoms. The lowest BCUT2D eigenvalue weighted by Gasteiger charge is -2.21. The van der Waals surface area contributed by atoms with Crippen LogP contribution in [0.1, 0.15) is 6.23 Å². The first kappa shape index (κ1) is 24.1. The maximum Gasteiger partial charge on any atom is 0.488 e. The first-order valence-corrected chi connectivity index (χ1v) is 12.2. The molecule has 5 atom stereocenters. The van der Waals surface area contributed by atoms with E-state index in [2.05, 4.69) is 28.0 Å². The van der Waals surface area contributed by atoms with Gasteiger partial charge in [-0.2, -0.15) is 8.42 Å². The van der Waals surface area contributed by atoms with Gasteiger partial charge in [0.2, 0.25) is 0 Å². The molecule has 0 bridgehead atoms. The number of nitrogens with two attached hydrogens (primary N) is 1. The van der Waals surface area contributed by atoms with Crippen molar-refractivity contribution in [1.82, 2.24) is 19.5 Å². The molecule has 0 aliphatic carbocycles. The Balaban J connectivity index is 1.88. The topological polar surface area (TPSA) is 276 Å². The van der Waals surface area contributed by atoms with Crippen LogP contribution in [0.3, 0.4) is 0 Å². The zero-order valence-electron chi connectivity index (χ0n) is 14.8. The number of nitrogen functional groups attached to an aromatic ring is 1. The summed E-state index contributed by atoms with van der Waals surface area (Å²) in [5.41, 5.74) is 5.85. The number of ether oxygens (including phenoxy) is 1. The van der Waals surface area contributed by atoms with Gasteiger partial charge >= 0.3 is 26.0 Å². The molecule has 0 spiro atoms. The van der Waals surface area contributed by atoms with Gasteiger partial charge in [-0.1, -0.05) is 0 Å². The maximum absolute atomic E-state index is 11.6. The molecule has 1 aliphatic heterocycles. The molecule has 0 radical (unpaired) electrons. The highest BCUT2D eigenvalue weighted by atomic mass is 32.3. The summed E-state index contributed by atoms with van der Waals surface area (Å²) >= 11 is 0. The zero-order chi connectivity index (χ0) is 23.2. The molecule has 1 saturated heterocycles. The largest absolute Gasteiger partial charge is 0.488 e. The summed E-state index contributed by atoms with van der Waals surface area (Å²) < 4.78 is 71.5. The fourth-order valence-electron chi connectivity index (χ4n) is 2.74. The Labute approximate surface area is 172 Å². The van der Waals surface area contributed by atoms with Gasteiger partial charge in [0.25, 0.3) is 0 Å². The number of fused-ring (bicyclic) bond motifs is 1. The highest BCUT2D eigenvalue weighted by Crippen LogP contribution is 2.48. The number of aromatic nitrogens is 4. The molecule has 0 aromatic carbocycles. The van der Waals surface area contributed by atoms with Crippen molar-refractivity contribution in [3.8, 4) is 0 Å². The number of rotatable bonds is 8. The van der Waals surface area contributed by atoms with E-state index in [9.17, 15) is 27.5 Å². The van der Waals surface area contributed by atoms with E-state index in [0.717, 1.165) is 17.2 Å².